The molecule has 11 heteroatoms. The molecule has 0 aliphatic carbocycles. The summed E-state index contributed by atoms with van der Waals surface area (Å²) in [7, 11) is 3.17. The van der Waals surface area contributed by atoms with Crippen molar-refractivity contribution in [2.75, 3.05) is 20.2 Å². The lowest BCUT2D eigenvalue weighted by molar-refractivity contribution is -0.137. The highest BCUT2D eigenvalue weighted by Gasteiger charge is 2.32. The number of rotatable bonds is 4. The van der Waals surface area contributed by atoms with Crippen LogP contribution in [0.25, 0.3) is 11.5 Å². The number of likely N-dealkylation sites (tertiary alicyclic amines) is 1. The molecule has 164 valence electrons. The maximum Gasteiger partial charge on any atom is 0.416 e. The van der Waals surface area contributed by atoms with Crippen molar-refractivity contribution < 1.29 is 27.1 Å². The molecule has 1 saturated heterocycles. The van der Waals surface area contributed by atoms with Gasteiger partial charge in [0.2, 0.25) is 17.7 Å². The molecule has 3 aromatic rings. The number of ether oxygens (including phenoxy) is 1. The highest BCUT2D eigenvalue weighted by molar-refractivity contribution is 5.96. The molecule has 1 aliphatic heterocycles. The molecule has 1 unspecified atom stereocenters. The van der Waals surface area contributed by atoms with Gasteiger partial charge in [-0.05, 0) is 37.1 Å². The summed E-state index contributed by atoms with van der Waals surface area (Å²) in [6.07, 6.45) is -1.30. The average Bonchev–Trinajstić information content (AvgIpc) is 3.39. The van der Waals surface area contributed by atoms with Gasteiger partial charge in [0.25, 0.3) is 5.91 Å². The molecule has 0 bridgehead atoms. The third-order valence-corrected chi connectivity index (χ3v) is 5.18. The van der Waals surface area contributed by atoms with Crippen LogP contribution in [0.5, 0.6) is 5.88 Å². The SMILES string of the molecule is COc1nn(C)cc1C(=O)N1CCCC(c2nnc(-c3ccc(C(F)(F)F)cc3)o2)C1. The fourth-order valence-electron chi connectivity index (χ4n) is 3.62. The van der Waals surface area contributed by atoms with Gasteiger partial charge in [0.05, 0.1) is 18.6 Å². The van der Waals surface area contributed by atoms with Crippen LogP contribution in [0.2, 0.25) is 0 Å². The monoisotopic (exact) mass is 435 g/mol. The molecule has 1 aliphatic rings. The van der Waals surface area contributed by atoms with E-state index in [1.807, 2.05) is 0 Å². The number of aryl methyl sites for hydroxylation is 1. The maximum absolute atomic E-state index is 12.9. The Morgan fingerprint density at radius 1 is 1.23 bits per heavy atom. The standard InChI is InChI=1S/C20H20F3N5O3/c1-27-11-15(18(26-27)30-2)19(29)28-9-3-4-13(10-28)17-25-24-16(31-17)12-5-7-14(8-6-12)20(21,22)23/h5-8,11,13H,3-4,9-10H2,1-2H3. The Morgan fingerprint density at radius 3 is 2.65 bits per heavy atom. The average molecular weight is 435 g/mol. The van der Waals surface area contributed by atoms with Crippen molar-refractivity contribution in [3.8, 4) is 17.3 Å². The first-order chi connectivity index (χ1) is 14.8. The molecule has 1 aromatic carbocycles. The van der Waals surface area contributed by atoms with Gasteiger partial charge >= 0.3 is 6.18 Å². The first kappa shape index (κ1) is 20.9. The number of aromatic nitrogens is 4. The summed E-state index contributed by atoms with van der Waals surface area (Å²) in [5, 5.41) is 12.2. The lowest BCUT2D eigenvalue weighted by Crippen LogP contribution is -2.39. The largest absolute Gasteiger partial charge is 0.479 e. The fourth-order valence-corrected chi connectivity index (χ4v) is 3.62. The fraction of sp³-hybridized carbons (Fsp3) is 0.400. The number of methoxy groups -OCH3 is 1. The van der Waals surface area contributed by atoms with E-state index in [9.17, 15) is 18.0 Å². The lowest BCUT2D eigenvalue weighted by atomic mass is 9.97. The minimum atomic E-state index is -4.41. The van der Waals surface area contributed by atoms with E-state index >= 15 is 0 Å². The molecule has 1 fully saturated rings. The van der Waals surface area contributed by atoms with Gasteiger partial charge in [-0.2, -0.15) is 13.2 Å². The van der Waals surface area contributed by atoms with Gasteiger partial charge in [-0.3, -0.25) is 9.48 Å². The second kappa shape index (κ2) is 8.05. The van der Waals surface area contributed by atoms with Crippen LogP contribution in [-0.2, 0) is 13.2 Å². The number of hydrogen-bond acceptors (Lipinski definition) is 6. The molecular formula is C20H20F3N5O3. The molecule has 3 heterocycles. The number of benzene rings is 1. The number of halogens is 3. The van der Waals surface area contributed by atoms with E-state index in [1.165, 1.54) is 23.9 Å². The summed E-state index contributed by atoms with van der Waals surface area (Å²) in [6.45, 7) is 0.957. The predicted octanol–water partition coefficient (Wildman–Crippen LogP) is 3.52. The number of alkyl halides is 3. The zero-order valence-corrected chi connectivity index (χ0v) is 16.9. The molecule has 4 rings (SSSR count). The molecule has 0 spiro atoms. The number of carbonyl (C=O) groups excluding carboxylic acids is 1. The van der Waals surface area contributed by atoms with E-state index in [1.54, 1.807) is 18.1 Å². The Morgan fingerprint density at radius 2 is 1.97 bits per heavy atom. The Balaban J connectivity index is 1.49. The molecule has 0 radical (unpaired) electrons. The van der Waals surface area contributed by atoms with Crippen LogP contribution in [-0.4, -0.2) is 51.0 Å². The maximum atomic E-state index is 12.9. The normalized spacial score (nSPS) is 17.1. The van der Waals surface area contributed by atoms with Gasteiger partial charge in [0.1, 0.15) is 5.56 Å². The van der Waals surface area contributed by atoms with Crippen molar-refractivity contribution in [1.29, 1.82) is 0 Å². The van der Waals surface area contributed by atoms with Crippen molar-refractivity contribution in [3.63, 3.8) is 0 Å². The molecule has 0 saturated carbocycles. The second-order valence-corrected chi connectivity index (χ2v) is 7.34. The molecule has 8 nitrogen and oxygen atoms in total. The minimum absolute atomic E-state index is 0.140. The summed E-state index contributed by atoms with van der Waals surface area (Å²) < 4.78 is 50.7. The predicted molar refractivity (Wildman–Crippen MR) is 102 cm³/mol. The van der Waals surface area contributed by atoms with Gasteiger partial charge in [0.15, 0.2) is 0 Å². The number of amides is 1. The van der Waals surface area contributed by atoms with Crippen molar-refractivity contribution in [2.45, 2.75) is 24.9 Å². The molecule has 1 atom stereocenters. The Hall–Kier alpha value is -3.37. The zero-order chi connectivity index (χ0) is 22.2. The van der Waals surface area contributed by atoms with E-state index in [2.05, 4.69) is 15.3 Å². The summed E-state index contributed by atoms with van der Waals surface area (Å²) in [4.78, 5) is 14.6. The Labute approximate surface area is 175 Å². The van der Waals surface area contributed by atoms with Crippen LogP contribution in [0.4, 0.5) is 13.2 Å². The van der Waals surface area contributed by atoms with Gasteiger partial charge < -0.3 is 14.1 Å². The Bertz CT molecular complexity index is 1070. The summed E-state index contributed by atoms with van der Waals surface area (Å²) in [5.74, 6) is 0.386. The quantitative estimate of drug-likeness (QED) is 0.623. The topological polar surface area (TPSA) is 86.3 Å². The van der Waals surface area contributed by atoms with Crippen molar-refractivity contribution in [3.05, 3.63) is 47.5 Å². The smallest absolute Gasteiger partial charge is 0.416 e. The van der Waals surface area contributed by atoms with E-state index in [4.69, 9.17) is 9.15 Å². The van der Waals surface area contributed by atoms with Crippen LogP contribution in [0, 0.1) is 0 Å². The summed E-state index contributed by atoms with van der Waals surface area (Å²) in [6, 6.07) is 4.54. The van der Waals surface area contributed by atoms with Crippen molar-refractivity contribution in [1.82, 2.24) is 24.9 Å². The first-order valence-corrected chi connectivity index (χ1v) is 9.64. The minimum Gasteiger partial charge on any atom is -0.479 e. The second-order valence-electron chi connectivity index (χ2n) is 7.34. The van der Waals surface area contributed by atoms with E-state index in [-0.39, 0.29) is 23.6 Å². The van der Waals surface area contributed by atoms with Crippen LogP contribution in [0.3, 0.4) is 0 Å². The van der Waals surface area contributed by atoms with Crippen molar-refractivity contribution >= 4 is 5.91 Å². The Kier molecular flexibility index (Phi) is 5.42. The van der Waals surface area contributed by atoms with Crippen LogP contribution in [0.1, 0.15) is 40.6 Å². The van der Waals surface area contributed by atoms with Gasteiger partial charge in [-0.15, -0.1) is 15.3 Å². The first-order valence-electron chi connectivity index (χ1n) is 9.64. The zero-order valence-electron chi connectivity index (χ0n) is 16.9. The van der Waals surface area contributed by atoms with Gasteiger partial charge in [0, 0.05) is 31.9 Å². The molecule has 0 N–H and O–H groups in total. The highest BCUT2D eigenvalue weighted by Crippen LogP contribution is 2.32. The molecule has 31 heavy (non-hydrogen) atoms. The molecule has 2 aromatic heterocycles. The molecule has 1 amide bonds. The van der Waals surface area contributed by atoms with E-state index in [0.29, 0.717) is 30.1 Å². The summed E-state index contributed by atoms with van der Waals surface area (Å²) >= 11 is 0. The van der Waals surface area contributed by atoms with Gasteiger partial charge in [-0.1, -0.05) is 0 Å². The number of carbonyl (C=O) groups is 1. The van der Waals surface area contributed by atoms with Crippen LogP contribution in [0.15, 0.2) is 34.9 Å². The number of piperidine rings is 1. The van der Waals surface area contributed by atoms with Gasteiger partial charge in [-0.25, -0.2) is 0 Å². The van der Waals surface area contributed by atoms with Crippen LogP contribution < -0.4 is 4.74 Å². The molecular weight excluding hydrogens is 415 g/mol. The number of nitrogens with zero attached hydrogens (tertiary/aromatic N) is 5. The summed E-state index contributed by atoms with van der Waals surface area (Å²) in [5.41, 5.74) is 0.0282. The van der Waals surface area contributed by atoms with E-state index in [0.717, 1.165) is 25.0 Å². The van der Waals surface area contributed by atoms with Crippen LogP contribution >= 0.6 is 0 Å². The third-order valence-electron chi connectivity index (χ3n) is 5.18. The highest BCUT2D eigenvalue weighted by atomic mass is 19.4. The number of hydrogen-bond donors (Lipinski definition) is 0. The van der Waals surface area contributed by atoms with Crippen molar-refractivity contribution in [2.24, 2.45) is 7.05 Å². The third kappa shape index (κ3) is 4.25. The lowest BCUT2D eigenvalue weighted by Gasteiger charge is -2.30. The van der Waals surface area contributed by atoms with E-state index < -0.39 is 11.7 Å².